The van der Waals surface area contributed by atoms with Gasteiger partial charge in [0.2, 0.25) is 0 Å². The second kappa shape index (κ2) is 5.20. The molecule has 0 unspecified atom stereocenters. The number of nitrogens with zero attached hydrogens (tertiary/aromatic N) is 1. The first-order valence-electron chi connectivity index (χ1n) is 4.13. The minimum Gasteiger partial charge on any atom is -0.293 e. The summed E-state index contributed by atoms with van der Waals surface area (Å²) in [5.41, 5.74) is -0.393. The van der Waals surface area contributed by atoms with Gasteiger partial charge in [-0.25, -0.2) is 8.78 Å². The summed E-state index contributed by atoms with van der Waals surface area (Å²) in [6.07, 6.45) is 1.86. The van der Waals surface area contributed by atoms with Crippen LogP contribution in [0.2, 0.25) is 0 Å². The van der Waals surface area contributed by atoms with Crippen LogP contribution in [0, 0.1) is 11.3 Å². The lowest BCUT2D eigenvalue weighted by atomic mass is 10.1. The van der Waals surface area contributed by atoms with E-state index in [0.29, 0.717) is 6.92 Å². The molecule has 0 fully saturated rings. The highest BCUT2D eigenvalue weighted by Gasteiger charge is 2.23. The molecule has 0 atom stereocenters. The number of nitriles is 1. The van der Waals surface area contributed by atoms with Gasteiger partial charge in [-0.05, 0) is 0 Å². The number of Topliss-reactive ketones (excluding diaryl/α,β-unsaturated/α-hetero) is 1. The van der Waals surface area contributed by atoms with Crippen molar-refractivity contribution in [2.24, 2.45) is 0 Å². The van der Waals surface area contributed by atoms with E-state index < -0.39 is 17.3 Å². The summed E-state index contributed by atoms with van der Waals surface area (Å²) in [5.74, 6) is -3.50. The highest BCUT2D eigenvalue weighted by molar-refractivity contribution is 5.98. The maximum absolute atomic E-state index is 12.6. The summed E-state index contributed by atoms with van der Waals surface area (Å²) in [5, 5.41) is 8.22. The van der Waals surface area contributed by atoms with Crippen LogP contribution < -0.4 is 0 Å². The van der Waals surface area contributed by atoms with Gasteiger partial charge >= 0.3 is 0 Å². The van der Waals surface area contributed by atoms with Gasteiger partial charge in [0, 0.05) is 18.1 Å². The summed E-state index contributed by atoms with van der Waals surface area (Å²) in [6, 6.07) is 1.65. The highest BCUT2D eigenvalue weighted by Crippen LogP contribution is 2.22. The van der Waals surface area contributed by atoms with Gasteiger partial charge in [0.25, 0.3) is 5.92 Å². The molecule has 0 radical (unpaired) electrons. The second-order valence-corrected chi connectivity index (χ2v) is 3.03. The Hall–Kier alpha value is -1.76. The number of allylic oxidation sites excluding steroid dienone is 4. The van der Waals surface area contributed by atoms with Crippen molar-refractivity contribution in [1.82, 2.24) is 0 Å². The van der Waals surface area contributed by atoms with E-state index in [1.165, 1.54) is 0 Å². The molecule has 0 saturated heterocycles. The first-order valence-corrected chi connectivity index (χ1v) is 4.13. The molecular weight excluding hydrogens is 200 g/mol. The zero-order valence-corrected chi connectivity index (χ0v) is 8.39. The molecule has 4 heteroatoms. The van der Waals surface area contributed by atoms with Crippen LogP contribution >= 0.6 is 0 Å². The van der Waals surface area contributed by atoms with Crippen molar-refractivity contribution in [2.75, 3.05) is 0 Å². The Morgan fingerprint density at radius 3 is 2.40 bits per heavy atom. The molecule has 0 rings (SSSR count). The smallest absolute Gasteiger partial charge is 0.269 e. The number of alkyl halides is 2. The number of ketones is 1. The van der Waals surface area contributed by atoms with E-state index >= 15 is 0 Å². The number of carbonyl (C=O) groups is 1. The lowest BCUT2D eigenvalue weighted by Crippen LogP contribution is -2.10. The summed E-state index contributed by atoms with van der Waals surface area (Å²) < 4.78 is 25.2. The van der Waals surface area contributed by atoms with Gasteiger partial charge in [-0.15, -0.1) is 0 Å². The van der Waals surface area contributed by atoms with E-state index in [4.69, 9.17) is 5.26 Å². The third-order valence-corrected chi connectivity index (χ3v) is 1.65. The Balaban J connectivity index is 4.44. The predicted molar refractivity (Wildman–Crippen MR) is 53.3 cm³/mol. The zero-order valence-electron chi connectivity index (χ0n) is 8.39. The molecular formula is C11H11F2NO. The summed E-state index contributed by atoms with van der Waals surface area (Å²) in [7, 11) is 0. The van der Waals surface area contributed by atoms with Crippen molar-refractivity contribution in [1.29, 1.82) is 5.26 Å². The number of carbonyl (C=O) groups excluding carboxylic acids is 1. The molecule has 0 spiro atoms. The Labute approximate surface area is 87.2 Å². The fourth-order valence-electron chi connectivity index (χ4n) is 0.626. The van der Waals surface area contributed by atoms with Crippen LogP contribution in [0.25, 0.3) is 0 Å². The Morgan fingerprint density at radius 2 is 2.00 bits per heavy atom. The van der Waals surface area contributed by atoms with Crippen molar-refractivity contribution in [3.63, 3.8) is 0 Å². The molecule has 0 aromatic rings. The normalized spacial score (nSPS) is 11.1. The van der Waals surface area contributed by atoms with Gasteiger partial charge in [0.15, 0.2) is 5.78 Å². The van der Waals surface area contributed by atoms with Crippen LogP contribution in [-0.2, 0) is 4.79 Å². The zero-order chi connectivity index (χ0) is 12.1. The minimum atomic E-state index is -3.02. The SMILES string of the molecule is C=C(/C=C\C(=C)C(C)(F)F)C(=O)CC#N. The molecule has 0 aromatic carbocycles. The standard InChI is InChI=1S/C11H11F2NO/c1-8(10(15)6-7-14)4-5-9(2)11(3,12)13/h4-5H,1-2,6H2,3H3/b5-4-. The van der Waals surface area contributed by atoms with Crippen molar-refractivity contribution >= 4 is 5.78 Å². The number of halogens is 2. The quantitative estimate of drug-likeness (QED) is 0.518. The molecule has 0 aromatic heterocycles. The Kier molecular flexibility index (Phi) is 4.59. The lowest BCUT2D eigenvalue weighted by molar-refractivity contribution is -0.114. The van der Waals surface area contributed by atoms with Gasteiger partial charge in [-0.1, -0.05) is 25.3 Å². The summed E-state index contributed by atoms with van der Waals surface area (Å²) in [4.78, 5) is 11.0. The average molecular weight is 211 g/mol. The largest absolute Gasteiger partial charge is 0.293 e. The first-order chi connectivity index (χ1) is 6.79. The Morgan fingerprint density at radius 1 is 1.47 bits per heavy atom. The van der Waals surface area contributed by atoms with Crippen LogP contribution in [0.5, 0.6) is 0 Å². The molecule has 0 heterocycles. The van der Waals surface area contributed by atoms with Crippen LogP contribution in [0.1, 0.15) is 13.3 Å². The molecule has 0 bridgehead atoms. The minimum absolute atomic E-state index is 0.0157. The van der Waals surface area contributed by atoms with Crippen LogP contribution in [-0.4, -0.2) is 11.7 Å². The summed E-state index contributed by atoms with van der Waals surface area (Å²) in [6.45, 7) is 7.21. The van der Waals surface area contributed by atoms with Crippen LogP contribution in [0.4, 0.5) is 8.78 Å². The molecule has 0 saturated carbocycles. The highest BCUT2D eigenvalue weighted by atomic mass is 19.3. The van der Waals surface area contributed by atoms with E-state index in [9.17, 15) is 13.6 Å². The average Bonchev–Trinajstić information content (AvgIpc) is 2.12. The van der Waals surface area contributed by atoms with E-state index in [1.807, 2.05) is 0 Å². The monoisotopic (exact) mass is 211 g/mol. The fraction of sp³-hybridized carbons (Fsp3) is 0.273. The number of rotatable bonds is 5. The van der Waals surface area contributed by atoms with Crippen molar-refractivity contribution in [2.45, 2.75) is 19.3 Å². The fourth-order valence-corrected chi connectivity index (χ4v) is 0.626. The number of hydrogen-bond donors (Lipinski definition) is 0. The topological polar surface area (TPSA) is 40.9 Å². The van der Waals surface area contributed by atoms with Gasteiger partial charge < -0.3 is 0 Å². The third kappa shape index (κ3) is 4.87. The Bertz CT molecular complexity index is 356. The summed E-state index contributed by atoms with van der Waals surface area (Å²) >= 11 is 0. The molecule has 0 N–H and O–H groups in total. The van der Waals surface area contributed by atoms with Crippen molar-refractivity contribution < 1.29 is 13.6 Å². The van der Waals surface area contributed by atoms with Gasteiger partial charge in [-0.2, -0.15) is 5.26 Å². The molecule has 80 valence electrons. The van der Waals surface area contributed by atoms with Crippen molar-refractivity contribution in [3.8, 4) is 6.07 Å². The first kappa shape index (κ1) is 13.2. The van der Waals surface area contributed by atoms with E-state index in [2.05, 4.69) is 13.2 Å². The third-order valence-electron chi connectivity index (χ3n) is 1.65. The maximum Gasteiger partial charge on any atom is 0.269 e. The molecule has 0 aliphatic carbocycles. The molecule has 0 aliphatic rings. The lowest BCUT2D eigenvalue weighted by Gasteiger charge is -2.09. The molecule has 0 amide bonds. The molecule has 2 nitrogen and oxygen atoms in total. The predicted octanol–water partition coefficient (Wildman–Crippen LogP) is 2.79. The molecule has 0 aliphatic heterocycles. The van der Waals surface area contributed by atoms with Gasteiger partial charge in [-0.3, -0.25) is 4.79 Å². The maximum atomic E-state index is 12.6. The van der Waals surface area contributed by atoms with Gasteiger partial charge in [0.05, 0.1) is 12.5 Å². The van der Waals surface area contributed by atoms with Gasteiger partial charge in [0.1, 0.15) is 0 Å². The second-order valence-electron chi connectivity index (χ2n) is 3.03. The van der Waals surface area contributed by atoms with E-state index in [1.54, 1.807) is 6.07 Å². The van der Waals surface area contributed by atoms with E-state index in [-0.39, 0.29) is 12.0 Å². The molecule has 15 heavy (non-hydrogen) atoms. The van der Waals surface area contributed by atoms with Crippen LogP contribution in [0.15, 0.2) is 36.5 Å². The number of hydrogen-bond acceptors (Lipinski definition) is 2. The van der Waals surface area contributed by atoms with Crippen molar-refractivity contribution in [3.05, 3.63) is 36.5 Å². The van der Waals surface area contributed by atoms with Crippen LogP contribution in [0.3, 0.4) is 0 Å². The van der Waals surface area contributed by atoms with E-state index in [0.717, 1.165) is 12.2 Å².